The number of anilines is 2. The number of piperidine rings is 2. The van der Waals surface area contributed by atoms with Gasteiger partial charge in [-0.25, -0.2) is 29.3 Å². The third-order valence-corrected chi connectivity index (χ3v) is 14.0. The average Bonchev–Trinajstić information content (AvgIpc) is 3.97. The maximum atomic E-state index is 12.6. The minimum absolute atomic E-state index is 0.0747. The molecule has 0 bridgehead atoms. The molecule has 2 atom stereocenters. The molecule has 71 heavy (non-hydrogen) atoms. The number of likely N-dealkylation sites (tertiary alicyclic amines) is 2. The highest BCUT2D eigenvalue weighted by Crippen LogP contribution is 2.36. The molecule has 0 aliphatic carbocycles. The first-order chi connectivity index (χ1) is 34.6. The monoisotopic (exact) mass is 952 g/mol. The number of amides is 2. The van der Waals surface area contributed by atoms with E-state index < -0.39 is 0 Å². The summed E-state index contributed by atoms with van der Waals surface area (Å²) < 4.78 is 9.49. The fourth-order valence-corrected chi connectivity index (χ4v) is 9.96. The molecule has 0 saturated carbocycles. The molecule has 0 spiro atoms. The van der Waals surface area contributed by atoms with Gasteiger partial charge in [0.2, 0.25) is 0 Å². The maximum Gasteiger partial charge on any atom is 0.251 e. The van der Waals surface area contributed by atoms with Gasteiger partial charge < -0.3 is 31.7 Å². The van der Waals surface area contributed by atoms with Crippen LogP contribution in [0.4, 0.5) is 11.6 Å². The van der Waals surface area contributed by atoms with E-state index in [1.807, 2.05) is 120 Å². The largest absolute Gasteiger partial charge is 0.383 e. The zero-order valence-corrected chi connectivity index (χ0v) is 40.5. The van der Waals surface area contributed by atoms with Crippen LogP contribution in [-0.4, -0.2) is 114 Å². The summed E-state index contributed by atoms with van der Waals surface area (Å²) >= 11 is 0. The van der Waals surface area contributed by atoms with Gasteiger partial charge in [-0.3, -0.25) is 14.5 Å². The summed E-state index contributed by atoms with van der Waals surface area (Å²) in [5, 5.41) is 17.6. The van der Waals surface area contributed by atoms with Gasteiger partial charge in [-0.2, -0.15) is 10.2 Å². The number of nitrogens with one attached hydrogen (secondary N) is 2. The Labute approximate surface area is 412 Å². The first-order valence-electron chi connectivity index (χ1n) is 24.4. The van der Waals surface area contributed by atoms with E-state index in [0.717, 1.165) is 132 Å². The second kappa shape index (κ2) is 20.8. The van der Waals surface area contributed by atoms with Crippen molar-refractivity contribution >= 4 is 45.5 Å². The quantitative estimate of drug-likeness (QED) is 0.104. The zero-order valence-electron chi connectivity index (χ0n) is 40.5. The Morgan fingerprint density at radius 2 is 1.07 bits per heavy atom. The summed E-state index contributed by atoms with van der Waals surface area (Å²) in [6.45, 7) is 10.4. The third kappa shape index (κ3) is 10.1. The van der Waals surface area contributed by atoms with Gasteiger partial charge in [0.1, 0.15) is 35.7 Å². The summed E-state index contributed by atoms with van der Waals surface area (Å²) in [4.78, 5) is 47.6. The van der Waals surface area contributed by atoms with Crippen LogP contribution in [0.3, 0.4) is 0 Å². The molecule has 7 heterocycles. The van der Waals surface area contributed by atoms with Crippen molar-refractivity contribution in [1.29, 1.82) is 0 Å². The minimum atomic E-state index is -0.0770. The number of hydrogen-bond acceptors (Lipinski definition) is 13. The van der Waals surface area contributed by atoms with Crippen molar-refractivity contribution in [2.24, 2.45) is 0 Å². The second-order valence-corrected chi connectivity index (χ2v) is 18.9. The van der Waals surface area contributed by atoms with Gasteiger partial charge in [-0.15, -0.1) is 0 Å². The Hall–Kier alpha value is -7.60. The SMILES string of the molecule is Cc1ccccc1C(=O)NCc1ccc(-c2nn([C@@H]3CCCN(C)C3)c3ncnc(N)c23)cc1.Cc1ccccc1C(=O)NCc1ccc(-c2nn([C@@H]3CCCN(C4COC4)C3)c3ncnc(N)c23)cc1. The Balaban J connectivity index is 0.000000165. The molecule has 4 aromatic carbocycles. The van der Waals surface area contributed by atoms with Gasteiger partial charge in [0.05, 0.1) is 42.1 Å². The van der Waals surface area contributed by atoms with Crippen LogP contribution >= 0.6 is 0 Å². The number of nitrogen functional groups attached to an aromatic ring is 2. The van der Waals surface area contributed by atoms with Crippen molar-refractivity contribution in [3.05, 3.63) is 143 Å². The number of nitrogens with two attached hydrogens (primary N) is 2. The number of ether oxygens (including phenoxy) is 1. The van der Waals surface area contributed by atoms with E-state index in [4.69, 9.17) is 26.4 Å². The van der Waals surface area contributed by atoms with Gasteiger partial charge in [0, 0.05) is 48.4 Å². The maximum absolute atomic E-state index is 12.6. The lowest BCUT2D eigenvalue weighted by atomic mass is 10.0. The van der Waals surface area contributed by atoms with E-state index in [0.29, 0.717) is 41.9 Å². The minimum Gasteiger partial charge on any atom is -0.383 e. The van der Waals surface area contributed by atoms with Crippen LogP contribution in [0, 0.1) is 13.8 Å². The highest BCUT2D eigenvalue weighted by atomic mass is 16.5. The van der Waals surface area contributed by atoms with Crippen LogP contribution in [0.1, 0.15) is 80.7 Å². The van der Waals surface area contributed by atoms with Crippen molar-refractivity contribution in [2.45, 2.75) is 70.7 Å². The number of rotatable bonds is 11. The molecule has 17 nitrogen and oxygen atoms in total. The fraction of sp³-hybridized carbons (Fsp3) is 0.333. The first-order valence-corrected chi connectivity index (χ1v) is 24.4. The molecule has 3 saturated heterocycles. The number of carbonyl (C=O) groups is 2. The van der Waals surface area contributed by atoms with E-state index in [1.165, 1.54) is 12.7 Å². The van der Waals surface area contributed by atoms with E-state index in [1.54, 1.807) is 0 Å². The Morgan fingerprint density at radius 3 is 1.52 bits per heavy atom. The molecule has 17 heteroatoms. The lowest BCUT2D eigenvalue weighted by Crippen LogP contribution is -2.52. The van der Waals surface area contributed by atoms with E-state index in [-0.39, 0.29) is 23.9 Å². The molecule has 4 aromatic heterocycles. The van der Waals surface area contributed by atoms with Crippen LogP contribution in [0.2, 0.25) is 0 Å². The Morgan fingerprint density at radius 1 is 0.606 bits per heavy atom. The van der Waals surface area contributed by atoms with Gasteiger partial charge >= 0.3 is 0 Å². The average molecular weight is 953 g/mol. The van der Waals surface area contributed by atoms with Crippen LogP contribution in [0.15, 0.2) is 110 Å². The summed E-state index contributed by atoms with van der Waals surface area (Å²) in [7, 11) is 2.14. The smallest absolute Gasteiger partial charge is 0.251 e. The van der Waals surface area contributed by atoms with Crippen LogP contribution in [0.25, 0.3) is 44.6 Å². The molecular formula is C54H60N14O3. The van der Waals surface area contributed by atoms with E-state index in [9.17, 15) is 9.59 Å². The van der Waals surface area contributed by atoms with E-state index in [2.05, 4.69) is 47.4 Å². The Bertz CT molecular complexity index is 3180. The van der Waals surface area contributed by atoms with E-state index >= 15 is 0 Å². The third-order valence-electron chi connectivity index (χ3n) is 14.0. The summed E-state index contributed by atoms with van der Waals surface area (Å²) in [5.74, 6) is 0.715. The normalized spacial score (nSPS) is 17.6. The van der Waals surface area contributed by atoms with Gasteiger partial charge in [-0.1, -0.05) is 84.9 Å². The van der Waals surface area contributed by atoms with Crippen molar-refractivity contribution in [2.75, 3.05) is 57.9 Å². The molecule has 3 aliphatic heterocycles. The van der Waals surface area contributed by atoms with Crippen molar-refractivity contribution in [1.82, 2.24) is 59.9 Å². The number of nitrogens with zero attached hydrogens (tertiary/aromatic N) is 10. The highest BCUT2D eigenvalue weighted by molar-refractivity contribution is 6.00. The first kappa shape index (κ1) is 47.1. The zero-order chi connectivity index (χ0) is 49.0. The number of likely N-dealkylation sites (N-methyl/N-ethyl adjacent to an activating group) is 1. The highest BCUT2D eigenvalue weighted by Gasteiger charge is 2.33. The standard InChI is InChI=1S/C28H31N7O2.C26H29N7O/c1-18-5-2-3-7-23(18)28(36)30-13-19-8-10-20(11-9-19)25-24-26(29)31-17-32-27(24)35(33-25)21-6-4-12-34(14-21)22-15-37-16-22;1-17-6-3-4-8-21(17)26(34)28-14-18-9-11-19(12-10-18)23-22-24(27)29-16-30-25(22)33(31-23)20-7-5-13-32(2)15-20/h2-3,5,7-11,17,21-22H,4,6,12-16H2,1H3,(H,30,36)(H2,29,31,32);3-4,6,8-12,16,20H,5,7,13-15H2,1-2H3,(H,28,34)(H2,27,29,30)/t21-;20-/m11/s1. The number of benzene rings is 4. The topological polar surface area (TPSA) is 213 Å². The van der Waals surface area contributed by atoms with Crippen molar-refractivity contribution in [3.63, 3.8) is 0 Å². The fourth-order valence-electron chi connectivity index (χ4n) is 9.96. The van der Waals surface area contributed by atoms with Gasteiger partial charge in [0.15, 0.2) is 11.3 Å². The van der Waals surface area contributed by atoms with Crippen molar-refractivity contribution < 1.29 is 14.3 Å². The predicted octanol–water partition coefficient (Wildman–Crippen LogP) is 6.93. The molecular weight excluding hydrogens is 893 g/mol. The van der Waals surface area contributed by atoms with Crippen LogP contribution in [-0.2, 0) is 17.8 Å². The summed E-state index contributed by atoms with van der Waals surface area (Å²) in [5.41, 5.74) is 23.0. The summed E-state index contributed by atoms with van der Waals surface area (Å²) in [6, 6.07) is 32.3. The number of hydrogen-bond donors (Lipinski definition) is 4. The molecule has 3 fully saturated rings. The molecule has 0 unspecified atom stereocenters. The molecule has 2 amide bonds. The van der Waals surface area contributed by atoms with Gasteiger partial charge in [-0.05, 0) is 94.1 Å². The lowest BCUT2D eigenvalue weighted by molar-refractivity contribution is -0.0755. The van der Waals surface area contributed by atoms with Crippen molar-refractivity contribution in [3.8, 4) is 22.5 Å². The number of fused-ring (bicyclic) bond motifs is 2. The number of carbonyl (C=O) groups excluding carboxylic acids is 2. The molecule has 11 rings (SSSR count). The Kier molecular flexibility index (Phi) is 13.8. The number of aromatic nitrogens is 8. The van der Waals surface area contributed by atoms with Gasteiger partial charge in [0.25, 0.3) is 11.8 Å². The predicted molar refractivity (Wildman–Crippen MR) is 275 cm³/mol. The molecule has 8 aromatic rings. The second-order valence-electron chi connectivity index (χ2n) is 18.9. The molecule has 0 radical (unpaired) electrons. The number of aryl methyl sites for hydroxylation is 2. The molecule has 3 aliphatic rings. The molecule has 6 N–H and O–H groups in total. The lowest BCUT2D eigenvalue weighted by Gasteiger charge is -2.42. The van der Waals surface area contributed by atoms with Crippen LogP contribution < -0.4 is 22.1 Å². The van der Waals surface area contributed by atoms with Crippen LogP contribution in [0.5, 0.6) is 0 Å². The molecule has 364 valence electrons. The summed E-state index contributed by atoms with van der Waals surface area (Å²) in [6.07, 6.45) is 7.36.